The van der Waals surface area contributed by atoms with Crippen LogP contribution >= 0.6 is 11.8 Å². The minimum absolute atomic E-state index is 0.184. The molecule has 0 aliphatic heterocycles. The summed E-state index contributed by atoms with van der Waals surface area (Å²) in [5.41, 5.74) is 8.11. The first-order chi connectivity index (χ1) is 9.49. The molecular formula is C16H21N3S. The molecule has 0 amide bonds. The van der Waals surface area contributed by atoms with Gasteiger partial charge in [-0.15, -0.1) is 0 Å². The van der Waals surface area contributed by atoms with Crippen LogP contribution in [0.5, 0.6) is 0 Å². The Bertz CT molecular complexity index is 541. The van der Waals surface area contributed by atoms with E-state index in [9.17, 15) is 0 Å². The van der Waals surface area contributed by atoms with Crippen LogP contribution in [0.25, 0.3) is 0 Å². The number of nitrogens with two attached hydrogens (primary N) is 1. The van der Waals surface area contributed by atoms with Crippen LogP contribution in [0.4, 0.5) is 0 Å². The molecule has 0 saturated heterocycles. The first-order valence-corrected chi connectivity index (χ1v) is 7.60. The van der Waals surface area contributed by atoms with Gasteiger partial charge in [-0.1, -0.05) is 32.9 Å². The Hall–Kier alpha value is -1.39. The van der Waals surface area contributed by atoms with Crippen molar-refractivity contribution in [2.24, 2.45) is 5.73 Å². The van der Waals surface area contributed by atoms with Gasteiger partial charge < -0.3 is 5.73 Å². The SMILES string of the molecule is CC(C)(C)c1ccc(Sc2ncc(CCN)cn2)cc1. The lowest BCUT2D eigenvalue weighted by molar-refractivity contribution is 0.590. The molecule has 0 aliphatic carbocycles. The molecular weight excluding hydrogens is 266 g/mol. The van der Waals surface area contributed by atoms with Gasteiger partial charge >= 0.3 is 0 Å². The third kappa shape index (κ3) is 4.05. The zero-order valence-electron chi connectivity index (χ0n) is 12.3. The van der Waals surface area contributed by atoms with Gasteiger partial charge in [0.05, 0.1) is 0 Å². The molecule has 106 valence electrons. The summed E-state index contributed by atoms with van der Waals surface area (Å²) in [5.74, 6) is 0. The van der Waals surface area contributed by atoms with Gasteiger partial charge in [0.25, 0.3) is 0 Å². The smallest absolute Gasteiger partial charge is 0.192 e. The van der Waals surface area contributed by atoms with Crippen molar-refractivity contribution in [2.75, 3.05) is 6.54 Å². The molecule has 0 aliphatic rings. The topological polar surface area (TPSA) is 51.8 Å². The highest BCUT2D eigenvalue weighted by atomic mass is 32.2. The van der Waals surface area contributed by atoms with E-state index in [0.29, 0.717) is 6.54 Å². The van der Waals surface area contributed by atoms with Crippen LogP contribution in [0.2, 0.25) is 0 Å². The van der Waals surface area contributed by atoms with Crippen molar-refractivity contribution in [1.29, 1.82) is 0 Å². The van der Waals surface area contributed by atoms with Crippen molar-refractivity contribution in [1.82, 2.24) is 9.97 Å². The molecule has 2 N–H and O–H groups in total. The first kappa shape index (κ1) is 15.0. The third-order valence-electron chi connectivity index (χ3n) is 3.04. The Kier molecular flexibility index (Phi) is 4.78. The van der Waals surface area contributed by atoms with Gasteiger partial charge in [0.15, 0.2) is 5.16 Å². The van der Waals surface area contributed by atoms with E-state index in [2.05, 4.69) is 55.0 Å². The lowest BCUT2D eigenvalue weighted by Crippen LogP contribution is -2.10. The van der Waals surface area contributed by atoms with E-state index >= 15 is 0 Å². The van der Waals surface area contributed by atoms with Gasteiger partial charge in [0, 0.05) is 17.3 Å². The fraction of sp³-hybridized carbons (Fsp3) is 0.375. The van der Waals surface area contributed by atoms with E-state index < -0.39 is 0 Å². The average molecular weight is 287 g/mol. The normalized spacial score (nSPS) is 11.6. The minimum atomic E-state index is 0.184. The van der Waals surface area contributed by atoms with Crippen molar-refractivity contribution >= 4 is 11.8 Å². The summed E-state index contributed by atoms with van der Waals surface area (Å²) >= 11 is 1.58. The third-order valence-corrected chi connectivity index (χ3v) is 3.95. The van der Waals surface area contributed by atoms with Crippen molar-refractivity contribution in [3.05, 3.63) is 47.8 Å². The summed E-state index contributed by atoms with van der Waals surface area (Å²) in [6.45, 7) is 7.28. The van der Waals surface area contributed by atoms with E-state index in [0.717, 1.165) is 22.0 Å². The highest BCUT2D eigenvalue weighted by Gasteiger charge is 2.13. The summed E-state index contributed by atoms with van der Waals surface area (Å²) < 4.78 is 0. The lowest BCUT2D eigenvalue weighted by Gasteiger charge is -2.18. The second-order valence-electron chi connectivity index (χ2n) is 5.79. The molecule has 2 rings (SSSR count). The second-order valence-corrected chi connectivity index (χ2v) is 6.83. The molecule has 1 aromatic carbocycles. The number of benzene rings is 1. The molecule has 20 heavy (non-hydrogen) atoms. The maximum atomic E-state index is 5.51. The van der Waals surface area contributed by atoms with Crippen LogP contribution in [0.3, 0.4) is 0 Å². The van der Waals surface area contributed by atoms with E-state index in [1.165, 1.54) is 5.56 Å². The van der Waals surface area contributed by atoms with Crippen LogP contribution in [-0.4, -0.2) is 16.5 Å². The molecule has 0 saturated carbocycles. The maximum absolute atomic E-state index is 5.51. The van der Waals surface area contributed by atoms with Crippen LogP contribution < -0.4 is 5.73 Å². The molecule has 4 heteroatoms. The molecule has 0 atom stereocenters. The first-order valence-electron chi connectivity index (χ1n) is 6.78. The Morgan fingerprint density at radius 1 is 1.05 bits per heavy atom. The fourth-order valence-corrected chi connectivity index (χ4v) is 2.51. The molecule has 2 aromatic rings. The lowest BCUT2D eigenvalue weighted by atomic mass is 9.87. The number of hydrogen-bond donors (Lipinski definition) is 1. The van der Waals surface area contributed by atoms with E-state index in [1.54, 1.807) is 11.8 Å². The number of aromatic nitrogens is 2. The summed E-state index contributed by atoms with van der Waals surface area (Å²) in [4.78, 5) is 9.88. The van der Waals surface area contributed by atoms with E-state index in [4.69, 9.17) is 5.73 Å². The monoisotopic (exact) mass is 287 g/mol. The zero-order valence-corrected chi connectivity index (χ0v) is 13.1. The van der Waals surface area contributed by atoms with Gasteiger partial charge in [-0.25, -0.2) is 9.97 Å². The number of nitrogens with zero attached hydrogens (tertiary/aromatic N) is 2. The van der Waals surface area contributed by atoms with E-state index in [1.807, 2.05) is 12.4 Å². The van der Waals surface area contributed by atoms with Gasteiger partial charge in [0.1, 0.15) is 0 Å². The van der Waals surface area contributed by atoms with Crippen LogP contribution in [0, 0.1) is 0 Å². The predicted octanol–water partition coefficient (Wildman–Crippen LogP) is 3.43. The van der Waals surface area contributed by atoms with Crippen LogP contribution in [-0.2, 0) is 11.8 Å². The van der Waals surface area contributed by atoms with Gasteiger partial charge in [-0.3, -0.25) is 0 Å². The summed E-state index contributed by atoms with van der Waals surface area (Å²) in [6.07, 6.45) is 4.53. The number of rotatable bonds is 4. The molecule has 0 fully saturated rings. The predicted molar refractivity (Wildman–Crippen MR) is 84.1 cm³/mol. The zero-order chi connectivity index (χ0) is 14.6. The van der Waals surface area contributed by atoms with Crippen LogP contribution in [0.1, 0.15) is 31.9 Å². The molecule has 0 unspecified atom stereocenters. The highest BCUT2D eigenvalue weighted by Crippen LogP contribution is 2.28. The van der Waals surface area contributed by atoms with Crippen molar-refractivity contribution in [3.63, 3.8) is 0 Å². The average Bonchev–Trinajstić information content (AvgIpc) is 2.41. The summed E-state index contributed by atoms with van der Waals surface area (Å²) in [7, 11) is 0. The molecule has 1 aromatic heterocycles. The summed E-state index contributed by atoms with van der Waals surface area (Å²) in [5, 5.41) is 0.772. The molecule has 1 heterocycles. The fourth-order valence-electron chi connectivity index (χ4n) is 1.82. The van der Waals surface area contributed by atoms with E-state index in [-0.39, 0.29) is 5.41 Å². The van der Waals surface area contributed by atoms with Crippen molar-refractivity contribution in [3.8, 4) is 0 Å². The molecule has 3 nitrogen and oxygen atoms in total. The molecule has 0 radical (unpaired) electrons. The largest absolute Gasteiger partial charge is 0.330 e. The number of hydrogen-bond acceptors (Lipinski definition) is 4. The minimum Gasteiger partial charge on any atom is -0.330 e. The maximum Gasteiger partial charge on any atom is 0.192 e. The highest BCUT2D eigenvalue weighted by molar-refractivity contribution is 7.99. The van der Waals surface area contributed by atoms with Gasteiger partial charge in [-0.2, -0.15) is 0 Å². The van der Waals surface area contributed by atoms with Crippen molar-refractivity contribution in [2.45, 2.75) is 42.7 Å². The Morgan fingerprint density at radius 2 is 1.65 bits per heavy atom. The Morgan fingerprint density at radius 3 is 2.15 bits per heavy atom. The Balaban J connectivity index is 2.06. The van der Waals surface area contributed by atoms with Crippen molar-refractivity contribution < 1.29 is 0 Å². The van der Waals surface area contributed by atoms with Crippen LogP contribution in [0.15, 0.2) is 46.7 Å². The Labute approximate surface area is 125 Å². The van der Waals surface area contributed by atoms with Gasteiger partial charge in [0.2, 0.25) is 0 Å². The van der Waals surface area contributed by atoms with Gasteiger partial charge in [-0.05, 0) is 53.4 Å². The second kappa shape index (κ2) is 6.37. The standard InChI is InChI=1S/C16H21N3S/c1-16(2,3)13-4-6-14(7-5-13)20-15-18-10-12(8-9-17)11-19-15/h4-7,10-11H,8-9,17H2,1-3H3. The quantitative estimate of drug-likeness (QED) is 0.875. The summed E-state index contributed by atoms with van der Waals surface area (Å²) in [6, 6.07) is 8.60. The molecule has 0 bridgehead atoms. The molecule has 0 spiro atoms.